The molecular weight excluding hydrogens is 311 g/mol. The van der Waals surface area contributed by atoms with E-state index in [0.717, 1.165) is 18.9 Å². The van der Waals surface area contributed by atoms with E-state index in [4.69, 9.17) is 4.74 Å². The molecule has 1 aliphatic rings. The molecule has 0 saturated heterocycles. The van der Waals surface area contributed by atoms with Gasteiger partial charge in [-0.3, -0.25) is 0 Å². The highest BCUT2D eigenvalue weighted by Gasteiger charge is 2.38. The maximum Gasteiger partial charge on any atom is 0.435 e. The molecule has 2 aromatic rings. The van der Waals surface area contributed by atoms with E-state index in [0.29, 0.717) is 5.69 Å². The Labute approximate surface area is 130 Å². The van der Waals surface area contributed by atoms with E-state index in [2.05, 4.69) is 10.1 Å². The molecule has 0 atom stereocenters. The molecule has 0 aromatic carbocycles. The fourth-order valence-electron chi connectivity index (χ4n) is 2.23. The van der Waals surface area contributed by atoms with Gasteiger partial charge in [0.2, 0.25) is 0 Å². The van der Waals surface area contributed by atoms with Gasteiger partial charge in [-0.15, -0.1) is 0 Å². The summed E-state index contributed by atoms with van der Waals surface area (Å²) in [5.41, 5.74) is -0.198. The molecular formula is C15H14F3N3O2. The quantitative estimate of drug-likeness (QED) is 0.809. The van der Waals surface area contributed by atoms with Crippen molar-refractivity contribution >= 4 is 5.97 Å². The first-order chi connectivity index (χ1) is 10.9. The van der Waals surface area contributed by atoms with Crippen molar-refractivity contribution in [3.8, 4) is 5.82 Å². The number of esters is 1. The molecule has 3 rings (SSSR count). The zero-order chi connectivity index (χ0) is 16.6. The molecule has 1 aliphatic carbocycles. The van der Waals surface area contributed by atoms with E-state index in [-0.39, 0.29) is 23.9 Å². The Morgan fingerprint density at radius 3 is 2.65 bits per heavy atom. The molecule has 0 aliphatic heterocycles. The number of carbonyl (C=O) groups is 1. The van der Waals surface area contributed by atoms with Crippen LogP contribution in [0.2, 0.25) is 0 Å². The smallest absolute Gasteiger partial charge is 0.435 e. The number of nitrogens with zero attached hydrogens (tertiary/aromatic N) is 3. The normalized spacial score (nSPS) is 14.8. The molecule has 2 heterocycles. The van der Waals surface area contributed by atoms with E-state index in [9.17, 15) is 18.0 Å². The molecule has 0 N–H and O–H groups in total. The highest BCUT2D eigenvalue weighted by molar-refractivity contribution is 5.89. The molecule has 1 saturated carbocycles. The molecule has 1 fully saturated rings. The van der Waals surface area contributed by atoms with Crippen LogP contribution >= 0.6 is 0 Å². The molecule has 2 aromatic heterocycles. The average Bonchev–Trinajstić information content (AvgIpc) is 3.25. The lowest BCUT2D eigenvalue weighted by molar-refractivity contribution is -0.141. The first kappa shape index (κ1) is 15.5. The second kappa shape index (κ2) is 5.68. The van der Waals surface area contributed by atoms with Crippen molar-refractivity contribution in [1.29, 1.82) is 0 Å². The first-order valence-electron chi connectivity index (χ1n) is 7.21. The van der Waals surface area contributed by atoms with Gasteiger partial charge in [-0.25, -0.2) is 14.5 Å². The Morgan fingerprint density at radius 2 is 2.13 bits per heavy atom. The van der Waals surface area contributed by atoms with Gasteiger partial charge in [0.25, 0.3) is 0 Å². The minimum atomic E-state index is -4.50. The highest BCUT2D eigenvalue weighted by Crippen LogP contribution is 2.42. The lowest BCUT2D eigenvalue weighted by Crippen LogP contribution is -2.10. The maximum absolute atomic E-state index is 12.9. The Morgan fingerprint density at radius 1 is 1.39 bits per heavy atom. The number of alkyl halides is 3. The predicted molar refractivity (Wildman–Crippen MR) is 74.3 cm³/mol. The number of rotatable bonds is 4. The van der Waals surface area contributed by atoms with Crippen molar-refractivity contribution < 1.29 is 22.7 Å². The standard InChI is InChI=1S/C15H14F3N3O2/c1-2-23-14(22)10-5-6-13(19-8-10)21-11(9-3-4-9)7-12(20-21)15(16,17)18/h5-9H,2-4H2,1H3. The zero-order valence-electron chi connectivity index (χ0n) is 12.3. The van der Waals surface area contributed by atoms with Gasteiger partial charge in [-0.05, 0) is 38.0 Å². The minimum absolute atomic E-state index is 0.0742. The zero-order valence-corrected chi connectivity index (χ0v) is 12.3. The Hall–Kier alpha value is -2.38. The van der Waals surface area contributed by atoms with Crippen LogP contribution in [0.25, 0.3) is 5.82 Å². The number of halogens is 3. The molecule has 122 valence electrons. The second-order valence-electron chi connectivity index (χ2n) is 5.26. The maximum atomic E-state index is 12.9. The van der Waals surface area contributed by atoms with Gasteiger partial charge in [0, 0.05) is 17.8 Å². The van der Waals surface area contributed by atoms with Crippen molar-refractivity contribution in [3.05, 3.63) is 41.3 Å². The van der Waals surface area contributed by atoms with Crippen molar-refractivity contribution in [2.75, 3.05) is 6.61 Å². The van der Waals surface area contributed by atoms with Crippen LogP contribution in [0.5, 0.6) is 0 Å². The Kier molecular flexibility index (Phi) is 3.83. The van der Waals surface area contributed by atoms with E-state index in [1.54, 1.807) is 6.92 Å². The SMILES string of the molecule is CCOC(=O)c1ccc(-n2nc(C(F)(F)F)cc2C2CC2)nc1. The molecule has 0 spiro atoms. The van der Waals surface area contributed by atoms with Crippen LogP contribution in [0, 0.1) is 0 Å². The van der Waals surface area contributed by atoms with Gasteiger partial charge in [-0.2, -0.15) is 18.3 Å². The van der Waals surface area contributed by atoms with Crippen LogP contribution in [0.4, 0.5) is 13.2 Å². The molecule has 0 bridgehead atoms. The summed E-state index contributed by atoms with van der Waals surface area (Å²) in [5, 5.41) is 3.64. The molecule has 0 radical (unpaired) electrons. The number of pyridine rings is 1. The summed E-state index contributed by atoms with van der Waals surface area (Å²) in [4.78, 5) is 15.6. The van der Waals surface area contributed by atoms with Crippen molar-refractivity contribution in [3.63, 3.8) is 0 Å². The number of hydrogen-bond acceptors (Lipinski definition) is 4. The highest BCUT2D eigenvalue weighted by atomic mass is 19.4. The summed E-state index contributed by atoms with van der Waals surface area (Å²) < 4.78 is 44.7. The predicted octanol–water partition coefficient (Wildman–Crippen LogP) is 3.34. The van der Waals surface area contributed by atoms with E-state index in [1.165, 1.54) is 23.0 Å². The van der Waals surface area contributed by atoms with E-state index >= 15 is 0 Å². The summed E-state index contributed by atoms with van der Waals surface area (Å²) in [6.45, 7) is 1.92. The largest absolute Gasteiger partial charge is 0.462 e. The Bertz CT molecular complexity index is 719. The monoisotopic (exact) mass is 325 g/mol. The first-order valence-corrected chi connectivity index (χ1v) is 7.21. The van der Waals surface area contributed by atoms with Crippen molar-refractivity contribution in [2.45, 2.75) is 31.9 Å². The Balaban J connectivity index is 1.94. The summed E-state index contributed by atoms with van der Waals surface area (Å²) >= 11 is 0. The number of carbonyl (C=O) groups excluding carboxylic acids is 1. The molecule has 0 amide bonds. The third-order valence-electron chi connectivity index (χ3n) is 3.50. The molecule has 0 unspecified atom stereocenters. The van der Waals surface area contributed by atoms with Gasteiger partial charge >= 0.3 is 12.1 Å². The molecule has 23 heavy (non-hydrogen) atoms. The summed E-state index contributed by atoms with van der Waals surface area (Å²) in [7, 11) is 0. The third kappa shape index (κ3) is 3.20. The average molecular weight is 325 g/mol. The van der Waals surface area contributed by atoms with Crippen LogP contribution in [0.1, 0.15) is 47.4 Å². The topological polar surface area (TPSA) is 57.0 Å². The van der Waals surface area contributed by atoms with Gasteiger partial charge in [0.1, 0.15) is 0 Å². The third-order valence-corrected chi connectivity index (χ3v) is 3.50. The molecule has 5 nitrogen and oxygen atoms in total. The van der Waals surface area contributed by atoms with Gasteiger partial charge < -0.3 is 4.74 Å². The minimum Gasteiger partial charge on any atom is -0.462 e. The van der Waals surface area contributed by atoms with Crippen molar-refractivity contribution in [2.24, 2.45) is 0 Å². The van der Waals surface area contributed by atoms with Crippen molar-refractivity contribution in [1.82, 2.24) is 14.8 Å². The summed E-state index contributed by atoms with van der Waals surface area (Å²) in [6, 6.07) is 4.00. The lowest BCUT2D eigenvalue weighted by atomic mass is 10.2. The second-order valence-corrected chi connectivity index (χ2v) is 5.26. The van der Waals surface area contributed by atoms with Crippen LogP contribution < -0.4 is 0 Å². The van der Waals surface area contributed by atoms with Crippen LogP contribution in [0.3, 0.4) is 0 Å². The fraction of sp³-hybridized carbons (Fsp3) is 0.400. The van der Waals surface area contributed by atoms with Crippen LogP contribution in [0.15, 0.2) is 24.4 Å². The lowest BCUT2D eigenvalue weighted by Gasteiger charge is -2.07. The van der Waals surface area contributed by atoms with E-state index < -0.39 is 17.8 Å². The number of aromatic nitrogens is 3. The summed E-state index contributed by atoms with van der Waals surface area (Å²) in [6.07, 6.45) is -1.55. The van der Waals surface area contributed by atoms with Gasteiger partial charge in [-0.1, -0.05) is 0 Å². The fourth-order valence-corrected chi connectivity index (χ4v) is 2.23. The molecule has 8 heteroatoms. The summed E-state index contributed by atoms with van der Waals surface area (Å²) in [5.74, 6) is -0.203. The van der Waals surface area contributed by atoms with Gasteiger partial charge in [0.05, 0.1) is 12.2 Å². The van der Waals surface area contributed by atoms with Crippen LogP contribution in [-0.2, 0) is 10.9 Å². The number of ether oxygens (including phenoxy) is 1. The van der Waals surface area contributed by atoms with Gasteiger partial charge in [0.15, 0.2) is 11.5 Å². The van der Waals surface area contributed by atoms with Crippen LogP contribution in [-0.4, -0.2) is 27.3 Å². The number of hydrogen-bond donors (Lipinski definition) is 0. The van der Waals surface area contributed by atoms with E-state index in [1.807, 2.05) is 0 Å².